The Morgan fingerprint density at radius 2 is 0.883 bits per heavy atom. The van der Waals surface area contributed by atoms with Gasteiger partial charge in [-0.3, -0.25) is 0 Å². The second kappa shape index (κ2) is 12.9. The SMILES string of the molecule is c1ccc2c(c1)ccc1c3cccc(-c4ccc(N(c5ccc(-c6cccc7oc8c9ccccc9ccc8c67)cc5)c5cccc6sc7ccccc7c56)cc4)c3oc21. The van der Waals surface area contributed by atoms with E-state index < -0.39 is 0 Å². The van der Waals surface area contributed by atoms with Crippen molar-refractivity contribution in [3.8, 4) is 22.3 Å². The van der Waals surface area contributed by atoms with E-state index in [9.17, 15) is 0 Å². The first-order chi connectivity index (χ1) is 29.7. The van der Waals surface area contributed by atoms with E-state index in [1.54, 1.807) is 0 Å². The van der Waals surface area contributed by atoms with Crippen LogP contribution in [0, 0.1) is 0 Å². The average Bonchev–Trinajstić information content (AvgIpc) is 4.02. The number of rotatable bonds is 5. The van der Waals surface area contributed by atoms with E-state index in [4.69, 9.17) is 8.83 Å². The van der Waals surface area contributed by atoms with Gasteiger partial charge in [0.1, 0.15) is 22.3 Å². The molecule has 0 bridgehead atoms. The second-order valence-corrected chi connectivity index (χ2v) is 16.7. The number of furan rings is 2. The van der Waals surface area contributed by atoms with Crippen molar-refractivity contribution in [3.05, 3.63) is 200 Å². The lowest BCUT2D eigenvalue weighted by molar-refractivity contribution is 0.672. The zero-order valence-corrected chi connectivity index (χ0v) is 33.0. The lowest BCUT2D eigenvalue weighted by Crippen LogP contribution is -2.10. The molecule has 13 aromatic rings. The van der Waals surface area contributed by atoms with E-state index in [1.165, 1.54) is 30.9 Å². The van der Waals surface area contributed by atoms with Crippen LogP contribution >= 0.6 is 11.3 Å². The van der Waals surface area contributed by atoms with E-state index in [0.29, 0.717) is 0 Å². The topological polar surface area (TPSA) is 29.5 Å². The summed E-state index contributed by atoms with van der Waals surface area (Å²) in [6.07, 6.45) is 0. The molecule has 4 heteroatoms. The van der Waals surface area contributed by atoms with Crippen LogP contribution in [0.1, 0.15) is 0 Å². The monoisotopic (exact) mass is 783 g/mol. The lowest BCUT2D eigenvalue weighted by Gasteiger charge is -2.27. The Morgan fingerprint density at radius 1 is 0.333 bits per heavy atom. The van der Waals surface area contributed by atoms with Gasteiger partial charge in [-0.05, 0) is 88.1 Å². The number of nitrogens with zero attached hydrogens (tertiary/aromatic N) is 1. The minimum atomic E-state index is 0.896. The van der Waals surface area contributed by atoms with Gasteiger partial charge >= 0.3 is 0 Å². The highest BCUT2D eigenvalue weighted by molar-refractivity contribution is 7.26. The number of para-hydroxylation sites is 1. The molecule has 0 unspecified atom stereocenters. The minimum absolute atomic E-state index is 0.896. The fourth-order valence-corrected chi connectivity index (χ4v) is 10.6. The molecule has 60 heavy (non-hydrogen) atoms. The highest BCUT2D eigenvalue weighted by Gasteiger charge is 2.21. The number of benzene rings is 10. The van der Waals surface area contributed by atoms with Gasteiger partial charge in [0.2, 0.25) is 0 Å². The maximum atomic E-state index is 6.74. The molecule has 0 saturated carbocycles. The molecule has 3 nitrogen and oxygen atoms in total. The van der Waals surface area contributed by atoms with E-state index in [-0.39, 0.29) is 0 Å². The van der Waals surface area contributed by atoms with Crippen LogP contribution in [0.15, 0.2) is 209 Å². The van der Waals surface area contributed by atoms with Crippen molar-refractivity contribution in [1.29, 1.82) is 0 Å². The molecule has 0 N–H and O–H groups in total. The summed E-state index contributed by atoms with van der Waals surface area (Å²) < 4.78 is 15.9. The molecule has 10 aromatic carbocycles. The third-order valence-corrected chi connectivity index (χ3v) is 13.4. The van der Waals surface area contributed by atoms with Crippen LogP contribution in [0.5, 0.6) is 0 Å². The number of thiophene rings is 1. The van der Waals surface area contributed by atoms with Crippen LogP contribution in [-0.4, -0.2) is 0 Å². The van der Waals surface area contributed by atoms with Crippen molar-refractivity contribution < 1.29 is 8.83 Å². The average molecular weight is 784 g/mol. The third kappa shape index (κ3) is 4.95. The van der Waals surface area contributed by atoms with Crippen LogP contribution in [0.2, 0.25) is 0 Å². The molecular formula is C56H33NO2S. The number of anilines is 3. The van der Waals surface area contributed by atoms with Gasteiger partial charge in [-0.15, -0.1) is 11.3 Å². The number of hydrogen-bond acceptors (Lipinski definition) is 4. The van der Waals surface area contributed by atoms with Crippen LogP contribution in [-0.2, 0) is 0 Å². The fourth-order valence-electron chi connectivity index (χ4n) is 9.50. The minimum Gasteiger partial charge on any atom is -0.455 e. The van der Waals surface area contributed by atoms with E-state index in [0.717, 1.165) is 94.0 Å². The Hall–Kier alpha value is -7.66. The van der Waals surface area contributed by atoms with Crippen LogP contribution in [0.3, 0.4) is 0 Å². The number of fused-ring (bicyclic) bond motifs is 13. The van der Waals surface area contributed by atoms with E-state index in [2.05, 4.69) is 205 Å². The molecule has 3 aromatic heterocycles. The van der Waals surface area contributed by atoms with Gasteiger partial charge in [0.25, 0.3) is 0 Å². The Balaban J connectivity index is 0.960. The molecule has 280 valence electrons. The lowest BCUT2D eigenvalue weighted by atomic mass is 9.97. The molecule has 3 heterocycles. The first-order valence-corrected chi connectivity index (χ1v) is 21.1. The predicted molar refractivity (Wildman–Crippen MR) is 254 cm³/mol. The molecule has 0 radical (unpaired) electrons. The normalized spacial score (nSPS) is 12.0. The summed E-state index contributed by atoms with van der Waals surface area (Å²) in [6, 6.07) is 71.9. The quantitative estimate of drug-likeness (QED) is 0.174. The largest absolute Gasteiger partial charge is 0.455 e. The predicted octanol–water partition coefficient (Wildman–Crippen LogP) is 17.0. The maximum absolute atomic E-state index is 6.74. The summed E-state index contributed by atoms with van der Waals surface area (Å²) in [5, 5.41) is 11.7. The molecule has 0 spiro atoms. The molecular weight excluding hydrogens is 751 g/mol. The molecule has 0 atom stereocenters. The zero-order valence-electron chi connectivity index (χ0n) is 32.2. The van der Waals surface area contributed by atoms with Gasteiger partial charge in [0.15, 0.2) is 0 Å². The molecule has 13 rings (SSSR count). The Morgan fingerprint density at radius 3 is 1.63 bits per heavy atom. The van der Waals surface area contributed by atoms with Gasteiger partial charge in [0, 0.05) is 69.4 Å². The number of hydrogen-bond donors (Lipinski definition) is 0. The first kappa shape index (κ1) is 33.3. The summed E-state index contributed by atoms with van der Waals surface area (Å²) in [4.78, 5) is 2.41. The molecule has 0 aliphatic carbocycles. The summed E-state index contributed by atoms with van der Waals surface area (Å²) in [7, 11) is 0. The first-order valence-electron chi connectivity index (χ1n) is 20.3. The van der Waals surface area contributed by atoms with Crippen molar-refractivity contribution >= 4 is 114 Å². The fraction of sp³-hybridized carbons (Fsp3) is 0. The second-order valence-electron chi connectivity index (χ2n) is 15.6. The standard InChI is InChI=1S/C56H33NO2S/c1-3-12-41-34(10-1)26-32-45-44-17-7-16-43(54(44)59-55(41)45)37-24-30-39(31-25-37)57(48-18-9-21-51-53(48)46-14-5-6-20-50(46)60-51)38-28-22-36(23-29-38)40-15-8-19-49-52(40)47-33-27-35-11-2-4-13-42(35)56(47)58-49/h1-33H. The zero-order chi connectivity index (χ0) is 39.3. The van der Waals surface area contributed by atoms with Crippen LogP contribution < -0.4 is 4.90 Å². The highest BCUT2D eigenvalue weighted by Crippen LogP contribution is 2.47. The Labute approximate surface area is 348 Å². The van der Waals surface area contributed by atoms with Gasteiger partial charge in [0.05, 0.1) is 5.69 Å². The van der Waals surface area contributed by atoms with Gasteiger partial charge < -0.3 is 13.7 Å². The summed E-state index contributed by atoms with van der Waals surface area (Å²) in [6.45, 7) is 0. The van der Waals surface area contributed by atoms with Crippen LogP contribution in [0.4, 0.5) is 17.1 Å². The van der Waals surface area contributed by atoms with Gasteiger partial charge in [-0.25, -0.2) is 0 Å². The van der Waals surface area contributed by atoms with E-state index in [1.807, 2.05) is 11.3 Å². The molecule has 0 fully saturated rings. The van der Waals surface area contributed by atoms with Crippen molar-refractivity contribution in [2.24, 2.45) is 0 Å². The van der Waals surface area contributed by atoms with E-state index >= 15 is 0 Å². The summed E-state index contributed by atoms with van der Waals surface area (Å²) in [5.74, 6) is 0. The summed E-state index contributed by atoms with van der Waals surface area (Å²) in [5.41, 5.74) is 11.5. The van der Waals surface area contributed by atoms with Crippen molar-refractivity contribution in [2.45, 2.75) is 0 Å². The molecule has 0 aliphatic rings. The maximum Gasteiger partial charge on any atom is 0.143 e. The molecule has 0 saturated heterocycles. The Kier molecular flexibility index (Phi) is 7.18. The van der Waals surface area contributed by atoms with Crippen LogP contribution in [0.25, 0.3) is 108 Å². The summed E-state index contributed by atoms with van der Waals surface area (Å²) >= 11 is 1.84. The third-order valence-electron chi connectivity index (χ3n) is 12.3. The molecule has 0 aliphatic heterocycles. The van der Waals surface area contributed by atoms with Gasteiger partial charge in [-0.1, -0.05) is 140 Å². The molecule has 0 amide bonds. The van der Waals surface area contributed by atoms with Crippen molar-refractivity contribution in [2.75, 3.05) is 4.90 Å². The highest BCUT2D eigenvalue weighted by atomic mass is 32.1. The van der Waals surface area contributed by atoms with Gasteiger partial charge in [-0.2, -0.15) is 0 Å². The van der Waals surface area contributed by atoms with Crippen molar-refractivity contribution in [3.63, 3.8) is 0 Å². The smallest absolute Gasteiger partial charge is 0.143 e. The Bertz CT molecular complexity index is 3830. The van der Waals surface area contributed by atoms with Crippen molar-refractivity contribution in [1.82, 2.24) is 0 Å².